The Bertz CT molecular complexity index is 1180. The lowest BCUT2D eigenvalue weighted by Gasteiger charge is -2.16. The zero-order valence-electron chi connectivity index (χ0n) is 15.9. The number of nitrogens with zero attached hydrogens (tertiary/aromatic N) is 1. The molecule has 0 unspecified atom stereocenters. The molecule has 0 fully saturated rings. The zero-order valence-corrected chi connectivity index (χ0v) is 16.6. The SMILES string of the molecule is COc1ccc(Cl)cc1NC1=C(c2ccccc2)C(=O)N(c2ccccc2F)C1=O. The number of halogens is 2. The van der Waals surface area contributed by atoms with E-state index in [1.807, 2.05) is 0 Å². The molecule has 0 aliphatic carbocycles. The monoisotopic (exact) mass is 422 g/mol. The molecule has 0 saturated carbocycles. The number of carbonyl (C=O) groups is 2. The van der Waals surface area contributed by atoms with Gasteiger partial charge in [-0.2, -0.15) is 0 Å². The van der Waals surface area contributed by atoms with Gasteiger partial charge in [0.1, 0.15) is 17.3 Å². The number of anilines is 2. The Morgan fingerprint density at radius 2 is 1.63 bits per heavy atom. The minimum absolute atomic E-state index is 0.00928. The number of rotatable bonds is 5. The van der Waals surface area contributed by atoms with Crippen molar-refractivity contribution < 1.29 is 18.7 Å². The number of ether oxygens (including phenoxy) is 1. The molecule has 1 heterocycles. The van der Waals surface area contributed by atoms with E-state index in [0.717, 1.165) is 4.90 Å². The highest BCUT2D eigenvalue weighted by molar-refractivity contribution is 6.46. The van der Waals surface area contributed by atoms with Crippen LogP contribution in [-0.2, 0) is 9.59 Å². The summed E-state index contributed by atoms with van der Waals surface area (Å²) in [5, 5.41) is 3.40. The summed E-state index contributed by atoms with van der Waals surface area (Å²) in [6.45, 7) is 0. The summed E-state index contributed by atoms with van der Waals surface area (Å²) in [5.74, 6) is -1.54. The van der Waals surface area contributed by atoms with Gasteiger partial charge in [-0.15, -0.1) is 0 Å². The van der Waals surface area contributed by atoms with Gasteiger partial charge >= 0.3 is 0 Å². The van der Waals surface area contributed by atoms with Crippen molar-refractivity contribution in [3.63, 3.8) is 0 Å². The Morgan fingerprint density at radius 3 is 2.33 bits per heavy atom. The molecule has 5 nitrogen and oxygen atoms in total. The summed E-state index contributed by atoms with van der Waals surface area (Å²) in [4.78, 5) is 27.4. The Morgan fingerprint density at radius 1 is 0.933 bits per heavy atom. The number of hydrogen-bond donors (Lipinski definition) is 1. The second kappa shape index (κ2) is 8.00. The molecule has 2 amide bonds. The van der Waals surface area contributed by atoms with Crippen LogP contribution in [0.25, 0.3) is 5.57 Å². The number of carbonyl (C=O) groups excluding carboxylic acids is 2. The third-order valence-electron chi connectivity index (χ3n) is 4.66. The van der Waals surface area contributed by atoms with Crippen LogP contribution in [0, 0.1) is 5.82 Å². The van der Waals surface area contributed by atoms with Crippen LogP contribution in [0.3, 0.4) is 0 Å². The highest BCUT2D eigenvalue weighted by atomic mass is 35.5. The maximum absolute atomic E-state index is 14.4. The normalized spacial score (nSPS) is 13.8. The molecule has 0 atom stereocenters. The van der Waals surface area contributed by atoms with E-state index in [0.29, 0.717) is 22.0 Å². The van der Waals surface area contributed by atoms with E-state index in [-0.39, 0.29) is 17.0 Å². The number of nitrogens with one attached hydrogen (secondary N) is 1. The molecule has 1 N–H and O–H groups in total. The number of amides is 2. The molecule has 1 aliphatic rings. The summed E-state index contributed by atoms with van der Waals surface area (Å²) >= 11 is 6.10. The number of imide groups is 1. The van der Waals surface area contributed by atoms with E-state index in [1.165, 1.54) is 25.3 Å². The maximum Gasteiger partial charge on any atom is 0.282 e. The fourth-order valence-electron chi connectivity index (χ4n) is 3.28. The number of methoxy groups -OCH3 is 1. The average Bonchev–Trinajstić information content (AvgIpc) is 2.99. The van der Waals surface area contributed by atoms with Gasteiger partial charge in [-0.1, -0.05) is 54.1 Å². The molecule has 0 saturated heterocycles. The number of benzene rings is 3. The molecule has 30 heavy (non-hydrogen) atoms. The van der Waals surface area contributed by atoms with E-state index >= 15 is 0 Å². The van der Waals surface area contributed by atoms with E-state index in [4.69, 9.17) is 16.3 Å². The summed E-state index contributed by atoms with van der Waals surface area (Å²) in [7, 11) is 1.48. The fourth-order valence-corrected chi connectivity index (χ4v) is 3.45. The van der Waals surface area contributed by atoms with Crippen LogP contribution in [0.1, 0.15) is 5.56 Å². The fraction of sp³-hybridized carbons (Fsp3) is 0.0435. The van der Waals surface area contributed by atoms with Crippen LogP contribution >= 0.6 is 11.6 Å². The third-order valence-corrected chi connectivity index (χ3v) is 4.90. The van der Waals surface area contributed by atoms with E-state index in [1.54, 1.807) is 54.6 Å². The first kappa shape index (κ1) is 19.7. The van der Waals surface area contributed by atoms with Crippen LogP contribution in [0.4, 0.5) is 15.8 Å². The average molecular weight is 423 g/mol. The molecule has 0 aromatic heterocycles. The van der Waals surface area contributed by atoms with Crippen molar-refractivity contribution in [2.45, 2.75) is 0 Å². The molecule has 3 aromatic rings. The van der Waals surface area contributed by atoms with Gasteiger partial charge in [-0.25, -0.2) is 9.29 Å². The molecule has 0 radical (unpaired) electrons. The van der Waals surface area contributed by atoms with Crippen molar-refractivity contribution in [1.82, 2.24) is 0 Å². The van der Waals surface area contributed by atoms with Gasteiger partial charge in [0.2, 0.25) is 0 Å². The summed E-state index contributed by atoms with van der Waals surface area (Å²) in [5.41, 5.74) is 0.958. The number of hydrogen-bond acceptors (Lipinski definition) is 4. The predicted octanol–water partition coefficient (Wildman–Crippen LogP) is 4.88. The Labute approximate surface area is 177 Å². The molecule has 7 heteroatoms. The van der Waals surface area contributed by atoms with E-state index in [9.17, 15) is 14.0 Å². The molecule has 0 spiro atoms. The molecule has 0 bridgehead atoms. The van der Waals surface area contributed by atoms with Gasteiger partial charge in [0, 0.05) is 5.02 Å². The molecule has 1 aliphatic heterocycles. The van der Waals surface area contributed by atoms with Gasteiger partial charge in [-0.05, 0) is 35.9 Å². The van der Waals surface area contributed by atoms with Crippen molar-refractivity contribution in [3.05, 3.63) is 94.9 Å². The van der Waals surface area contributed by atoms with Crippen molar-refractivity contribution in [2.75, 3.05) is 17.3 Å². The van der Waals surface area contributed by atoms with Crippen molar-refractivity contribution in [1.29, 1.82) is 0 Å². The maximum atomic E-state index is 14.4. The lowest BCUT2D eigenvalue weighted by Crippen LogP contribution is -2.33. The van der Waals surface area contributed by atoms with Crippen molar-refractivity contribution in [3.8, 4) is 5.75 Å². The van der Waals surface area contributed by atoms with Gasteiger partial charge < -0.3 is 10.1 Å². The molecule has 3 aromatic carbocycles. The quantitative estimate of drug-likeness (QED) is 0.595. The van der Waals surface area contributed by atoms with Crippen LogP contribution in [0.2, 0.25) is 5.02 Å². The topological polar surface area (TPSA) is 58.6 Å². The highest BCUT2D eigenvalue weighted by Gasteiger charge is 2.41. The van der Waals surface area contributed by atoms with Crippen LogP contribution < -0.4 is 15.0 Å². The lowest BCUT2D eigenvalue weighted by atomic mass is 10.0. The van der Waals surface area contributed by atoms with Crippen LogP contribution in [0.15, 0.2) is 78.5 Å². The molecular weight excluding hydrogens is 407 g/mol. The van der Waals surface area contributed by atoms with E-state index < -0.39 is 17.6 Å². The predicted molar refractivity (Wildman–Crippen MR) is 114 cm³/mol. The first-order chi connectivity index (χ1) is 14.5. The standard InChI is InChI=1S/C23H16ClFN2O3/c1-30-19-12-11-15(24)13-17(19)26-21-20(14-7-3-2-4-8-14)22(28)27(23(21)29)18-10-6-5-9-16(18)25/h2-13,26H,1H3. The van der Waals surface area contributed by atoms with Gasteiger partial charge in [0.15, 0.2) is 0 Å². The minimum atomic E-state index is -0.675. The summed E-state index contributed by atoms with van der Waals surface area (Å²) in [6.07, 6.45) is 0. The van der Waals surface area contributed by atoms with E-state index in [2.05, 4.69) is 5.32 Å². The Balaban J connectivity index is 1.87. The summed E-state index contributed by atoms with van der Waals surface area (Å²) < 4.78 is 19.8. The first-order valence-corrected chi connectivity index (χ1v) is 9.42. The van der Waals surface area contributed by atoms with Crippen molar-refractivity contribution in [2.24, 2.45) is 0 Å². The first-order valence-electron chi connectivity index (χ1n) is 9.05. The highest BCUT2D eigenvalue weighted by Crippen LogP contribution is 2.37. The Kier molecular flexibility index (Phi) is 5.25. The number of para-hydroxylation sites is 1. The molecule has 150 valence electrons. The third kappa shape index (κ3) is 3.42. The Hall–Kier alpha value is -3.64. The zero-order chi connectivity index (χ0) is 21.3. The second-order valence-electron chi connectivity index (χ2n) is 6.48. The van der Waals surface area contributed by atoms with Crippen LogP contribution in [0.5, 0.6) is 5.75 Å². The van der Waals surface area contributed by atoms with Gasteiger partial charge in [0.05, 0.1) is 24.1 Å². The molecule has 4 rings (SSSR count). The van der Waals surface area contributed by atoms with Gasteiger partial charge in [-0.3, -0.25) is 9.59 Å². The molecular formula is C23H16ClFN2O3. The van der Waals surface area contributed by atoms with Gasteiger partial charge in [0.25, 0.3) is 11.8 Å². The summed E-state index contributed by atoms with van der Waals surface area (Å²) in [6, 6.07) is 19.2. The lowest BCUT2D eigenvalue weighted by molar-refractivity contribution is -0.120. The van der Waals surface area contributed by atoms with Crippen molar-refractivity contribution >= 4 is 40.4 Å². The largest absolute Gasteiger partial charge is 0.495 e. The smallest absolute Gasteiger partial charge is 0.282 e. The second-order valence-corrected chi connectivity index (χ2v) is 6.92. The minimum Gasteiger partial charge on any atom is -0.495 e. The van der Waals surface area contributed by atoms with Crippen LogP contribution in [-0.4, -0.2) is 18.9 Å².